The highest BCUT2D eigenvalue weighted by Crippen LogP contribution is 2.31. The minimum Gasteiger partial charge on any atom is -0.342 e. The predicted molar refractivity (Wildman–Crippen MR) is 89.7 cm³/mol. The minimum atomic E-state index is -0.430. The third-order valence-corrected chi connectivity index (χ3v) is 5.33. The number of benzene rings is 1. The number of nitro benzene ring substituents is 1. The first-order valence-corrected chi connectivity index (χ1v) is 8.56. The number of amides is 1. The van der Waals surface area contributed by atoms with Gasteiger partial charge in [0.05, 0.1) is 11.3 Å². The van der Waals surface area contributed by atoms with Crippen molar-refractivity contribution in [2.24, 2.45) is 0 Å². The Balaban J connectivity index is 1.54. The van der Waals surface area contributed by atoms with Crippen molar-refractivity contribution in [2.45, 2.75) is 25.2 Å². The first kappa shape index (κ1) is 15.7. The molecule has 2 aromatic rings. The van der Waals surface area contributed by atoms with Crippen LogP contribution < -0.4 is 0 Å². The van der Waals surface area contributed by atoms with Gasteiger partial charge in [-0.15, -0.1) is 11.3 Å². The summed E-state index contributed by atoms with van der Waals surface area (Å²) in [6.45, 7) is 1.57. The summed E-state index contributed by atoms with van der Waals surface area (Å²) < 4.78 is 0. The molecule has 0 aliphatic carbocycles. The fraction of sp³-hybridized carbons (Fsp3) is 0.353. The number of nitro groups is 1. The highest BCUT2D eigenvalue weighted by molar-refractivity contribution is 7.10. The van der Waals surface area contributed by atoms with E-state index in [1.165, 1.54) is 17.0 Å². The average molecular weight is 330 g/mol. The van der Waals surface area contributed by atoms with Gasteiger partial charge in [-0.25, -0.2) is 0 Å². The van der Waals surface area contributed by atoms with Gasteiger partial charge in [0.15, 0.2) is 0 Å². The average Bonchev–Trinajstić information content (AvgIpc) is 3.10. The Morgan fingerprint density at radius 2 is 1.91 bits per heavy atom. The van der Waals surface area contributed by atoms with E-state index in [2.05, 4.69) is 17.5 Å². The normalized spacial score (nSPS) is 15.6. The second kappa shape index (κ2) is 6.91. The molecule has 0 unspecified atom stereocenters. The van der Waals surface area contributed by atoms with Crippen LogP contribution in [-0.2, 0) is 11.2 Å². The molecule has 1 amide bonds. The Morgan fingerprint density at radius 3 is 2.48 bits per heavy atom. The van der Waals surface area contributed by atoms with Crippen LogP contribution in [0.2, 0.25) is 0 Å². The van der Waals surface area contributed by atoms with E-state index in [9.17, 15) is 14.9 Å². The lowest BCUT2D eigenvalue weighted by Crippen LogP contribution is -2.38. The van der Waals surface area contributed by atoms with Crippen LogP contribution >= 0.6 is 11.3 Å². The van der Waals surface area contributed by atoms with Crippen molar-refractivity contribution in [3.05, 3.63) is 62.3 Å². The fourth-order valence-electron chi connectivity index (χ4n) is 2.96. The molecule has 0 spiro atoms. The largest absolute Gasteiger partial charge is 0.342 e. The quantitative estimate of drug-likeness (QED) is 0.635. The molecular weight excluding hydrogens is 312 g/mol. The number of rotatable bonds is 4. The van der Waals surface area contributed by atoms with Crippen molar-refractivity contribution < 1.29 is 9.72 Å². The number of hydrogen-bond acceptors (Lipinski definition) is 4. The van der Waals surface area contributed by atoms with Gasteiger partial charge in [0, 0.05) is 30.1 Å². The van der Waals surface area contributed by atoms with E-state index in [4.69, 9.17) is 0 Å². The van der Waals surface area contributed by atoms with Crippen molar-refractivity contribution in [3.63, 3.8) is 0 Å². The van der Waals surface area contributed by atoms with Gasteiger partial charge in [-0.3, -0.25) is 14.9 Å². The number of non-ortho nitro benzene ring substituents is 1. The van der Waals surface area contributed by atoms with Gasteiger partial charge >= 0.3 is 0 Å². The SMILES string of the molecule is O=C(Cc1ccc([N+](=O)[O-])cc1)N1CCC(c2cccs2)CC1. The molecule has 0 N–H and O–H groups in total. The standard InChI is InChI=1S/C17H18N2O3S/c20-17(12-13-3-5-15(6-4-13)19(21)22)18-9-7-14(8-10-18)16-2-1-11-23-16/h1-6,11,14H,7-10,12H2. The molecule has 1 aliphatic heterocycles. The lowest BCUT2D eigenvalue weighted by molar-refractivity contribution is -0.384. The maximum absolute atomic E-state index is 12.4. The fourth-order valence-corrected chi connectivity index (χ4v) is 3.86. The lowest BCUT2D eigenvalue weighted by Gasteiger charge is -2.31. The number of hydrogen-bond donors (Lipinski definition) is 0. The Hall–Kier alpha value is -2.21. The molecule has 0 saturated carbocycles. The smallest absolute Gasteiger partial charge is 0.269 e. The number of nitrogens with zero attached hydrogens (tertiary/aromatic N) is 2. The maximum Gasteiger partial charge on any atom is 0.269 e. The molecule has 1 saturated heterocycles. The summed E-state index contributed by atoms with van der Waals surface area (Å²) in [5.41, 5.74) is 0.874. The summed E-state index contributed by atoms with van der Waals surface area (Å²) in [6, 6.07) is 10.5. The summed E-state index contributed by atoms with van der Waals surface area (Å²) in [7, 11) is 0. The molecule has 0 radical (unpaired) electrons. The summed E-state index contributed by atoms with van der Waals surface area (Å²) in [5.74, 6) is 0.668. The van der Waals surface area contributed by atoms with E-state index in [1.807, 2.05) is 4.90 Å². The van der Waals surface area contributed by atoms with Gasteiger partial charge < -0.3 is 4.90 Å². The first-order chi connectivity index (χ1) is 11.1. The monoisotopic (exact) mass is 330 g/mol. The molecule has 1 aromatic heterocycles. The van der Waals surface area contributed by atoms with Crippen molar-refractivity contribution in [3.8, 4) is 0 Å². The summed E-state index contributed by atoms with van der Waals surface area (Å²) in [4.78, 5) is 25.9. The zero-order valence-corrected chi connectivity index (χ0v) is 13.5. The Kier molecular flexibility index (Phi) is 4.71. The molecule has 120 valence electrons. The Morgan fingerprint density at radius 1 is 1.22 bits per heavy atom. The molecule has 1 aliphatic rings. The molecular formula is C17H18N2O3S. The van der Waals surface area contributed by atoms with Gasteiger partial charge in [0.25, 0.3) is 5.69 Å². The van der Waals surface area contributed by atoms with Crippen LogP contribution in [-0.4, -0.2) is 28.8 Å². The van der Waals surface area contributed by atoms with Crippen molar-refractivity contribution in [1.82, 2.24) is 4.90 Å². The minimum absolute atomic E-state index is 0.0537. The summed E-state index contributed by atoms with van der Waals surface area (Å²) >= 11 is 1.79. The van der Waals surface area contributed by atoms with Crippen molar-refractivity contribution in [2.75, 3.05) is 13.1 Å². The molecule has 0 bridgehead atoms. The van der Waals surface area contributed by atoms with Crippen molar-refractivity contribution in [1.29, 1.82) is 0 Å². The van der Waals surface area contributed by atoms with E-state index in [-0.39, 0.29) is 11.6 Å². The number of carbonyl (C=O) groups is 1. The number of carbonyl (C=O) groups excluding carboxylic acids is 1. The molecule has 23 heavy (non-hydrogen) atoms. The maximum atomic E-state index is 12.4. The molecule has 2 heterocycles. The van der Waals surface area contributed by atoms with E-state index in [0.717, 1.165) is 31.5 Å². The van der Waals surface area contributed by atoms with Crippen molar-refractivity contribution >= 4 is 22.9 Å². The number of likely N-dealkylation sites (tertiary alicyclic amines) is 1. The summed E-state index contributed by atoms with van der Waals surface area (Å²) in [5, 5.41) is 12.7. The van der Waals surface area contributed by atoms with Gasteiger partial charge in [-0.2, -0.15) is 0 Å². The van der Waals surface area contributed by atoms with E-state index in [0.29, 0.717) is 12.3 Å². The highest BCUT2D eigenvalue weighted by atomic mass is 32.1. The highest BCUT2D eigenvalue weighted by Gasteiger charge is 2.24. The summed E-state index contributed by atoms with van der Waals surface area (Å²) in [6.07, 6.45) is 2.32. The topological polar surface area (TPSA) is 63.4 Å². The molecule has 5 nitrogen and oxygen atoms in total. The molecule has 6 heteroatoms. The van der Waals surface area contributed by atoms with Crippen LogP contribution in [0.25, 0.3) is 0 Å². The first-order valence-electron chi connectivity index (χ1n) is 7.68. The van der Waals surface area contributed by atoms with E-state index >= 15 is 0 Å². The molecule has 3 rings (SSSR count). The van der Waals surface area contributed by atoms with Crippen LogP contribution in [0.1, 0.15) is 29.2 Å². The zero-order valence-electron chi connectivity index (χ0n) is 12.7. The van der Waals surface area contributed by atoms with Crippen LogP contribution in [0.4, 0.5) is 5.69 Å². The number of piperidine rings is 1. The van der Waals surface area contributed by atoms with Gasteiger partial charge in [0.2, 0.25) is 5.91 Å². The van der Waals surface area contributed by atoms with Gasteiger partial charge in [-0.1, -0.05) is 18.2 Å². The van der Waals surface area contributed by atoms with E-state index in [1.54, 1.807) is 23.5 Å². The van der Waals surface area contributed by atoms with E-state index < -0.39 is 4.92 Å². The van der Waals surface area contributed by atoms with Gasteiger partial charge in [0.1, 0.15) is 0 Å². The van der Waals surface area contributed by atoms with Crippen LogP contribution in [0.5, 0.6) is 0 Å². The van der Waals surface area contributed by atoms with Crippen LogP contribution in [0, 0.1) is 10.1 Å². The molecule has 1 aromatic carbocycles. The predicted octanol–water partition coefficient (Wildman–Crippen LogP) is 3.61. The second-order valence-corrected chi connectivity index (χ2v) is 6.75. The third-order valence-electron chi connectivity index (χ3n) is 4.30. The van der Waals surface area contributed by atoms with Crippen LogP contribution in [0.15, 0.2) is 41.8 Å². The Labute approximate surface area is 138 Å². The third kappa shape index (κ3) is 3.76. The van der Waals surface area contributed by atoms with Crippen LogP contribution in [0.3, 0.4) is 0 Å². The molecule has 0 atom stereocenters. The second-order valence-electron chi connectivity index (χ2n) is 5.77. The lowest BCUT2D eigenvalue weighted by atomic mass is 9.95. The zero-order chi connectivity index (χ0) is 16.2. The van der Waals surface area contributed by atoms with Gasteiger partial charge in [-0.05, 0) is 35.8 Å². The Bertz CT molecular complexity index is 674. The molecule has 1 fully saturated rings. The number of thiophene rings is 1.